The summed E-state index contributed by atoms with van der Waals surface area (Å²) in [5.74, 6) is 1.30. The van der Waals surface area contributed by atoms with Crippen LogP contribution in [0.5, 0.6) is 11.6 Å². The van der Waals surface area contributed by atoms with E-state index in [0.717, 1.165) is 68.5 Å². The number of nitrogens with one attached hydrogen (secondary N) is 2. The first-order chi connectivity index (χ1) is 24.8. The smallest absolute Gasteiger partial charge is 0.245 e. The minimum atomic E-state index is 0.114. The van der Waals surface area contributed by atoms with Crippen molar-refractivity contribution in [2.75, 3.05) is 12.3 Å². The van der Waals surface area contributed by atoms with Gasteiger partial charge in [0, 0.05) is 29.9 Å². The van der Waals surface area contributed by atoms with Crippen molar-refractivity contribution >= 4 is 28.4 Å². The van der Waals surface area contributed by atoms with Crippen molar-refractivity contribution in [1.29, 1.82) is 0 Å². The maximum atomic E-state index is 6.07. The average Bonchev–Trinajstić information content (AvgIpc) is 3.91. The van der Waals surface area contributed by atoms with Gasteiger partial charge in [-0.3, -0.25) is 9.67 Å². The highest BCUT2D eigenvalue weighted by atomic mass is 16.5. The van der Waals surface area contributed by atoms with E-state index in [4.69, 9.17) is 24.9 Å². The second-order valence-electron chi connectivity index (χ2n) is 12.6. The van der Waals surface area contributed by atoms with Crippen LogP contribution in [0.1, 0.15) is 59.6 Å². The fourth-order valence-electron chi connectivity index (χ4n) is 6.05. The predicted octanol–water partition coefficient (Wildman–Crippen LogP) is 6.42. The molecular formula is C38H40N10O3. The quantitative estimate of drug-likeness (QED) is 0.110. The predicted molar refractivity (Wildman–Crippen MR) is 195 cm³/mol. The molecule has 4 aromatic heterocycles. The summed E-state index contributed by atoms with van der Waals surface area (Å²) >= 11 is 0. The molecule has 0 fully saturated rings. The number of anilines is 1. The van der Waals surface area contributed by atoms with Crippen LogP contribution in [0.3, 0.4) is 0 Å². The number of aliphatic imine (C=N–C) groups is 1. The van der Waals surface area contributed by atoms with Crippen LogP contribution in [-0.2, 0) is 31.1 Å². The van der Waals surface area contributed by atoms with Crippen molar-refractivity contribution in [1.82, 2.24) is 39.9 Å². The van der Waals surface area contributed by atoms with Gasteiger partial charge in [-0.25, -0.2) is 4.98 Å². The summed E-state index contributed by atoms with van der Waals surface area (Å²) < 4.78 is 19.7. The first kappa shape index (κ1) is 33.4. The molecule has 1 aliphatic rings. The van der Waals surface area contributed by atoms with Gasteiger partial charge in [0.1, 0.15) is 23.6 Å². The maximum Gasteiger partial charge on any atom is 0.245 e. The zero-order valence-corrected chi connectivity index (χ0v) is 29.1. The number of fused-ring (bicyclic) bond motifs is 1. The van der Waals surface area contributed by atoms with Gasteiger partial charge in [0.05, 0.1) is 43.7 Å². The van der Waals surface area contributed by atoms with E-state index in [1.165, 1.54) is 11.9 Å². The van der Waals surface area contributed by atoms with Crippen molar-refractivity contribution < 1.29 is 14.2 Å². The first-order valence-electron chi connectivity index (χ1n) is 16.8. The zero-order valence-electron chi connectivity index (χ0n) is 29.1. The number of aryl methyl sites for hydroxylation is 3. The lowest BCUT2D eigenvalue weighted by atomic mass is 9.96. The molecule has 0 saturated carbocycles. The van der Waals surface area contributed by atoms with Gasteiger partial charge in [-0.05, 0) is 79.8 Å². The Balaban J connectivity index is 0.851. The molecule has 0 radical (unpaired) electrons. The van der Waals surface area contributed by atoms with Crippen molar-refractivity contribution in [3.63, 3.8) is 0 Å². The first-order valence-corrected chi connectivity index (χ1v) is 16.8. The number of H-pyrrole nitrogens is 2. The Morgan fingerprint density at radius 2 is 1.69 bits per heavy atom. The van der Waals surface area contributed by atoms with Crippen LogP contribution in [0.4, 0.5) is 5.95 Å². The number of imidazole rings is 1. The molecule has 0 spiro atoms. The van der Waals surface area contributed by atoms with E-state index in [-0.39, 0.29) is 5.95 Å². The van der Waals surface area contributed by atoms with E-state index in [1.54, 1.807) is 0 Å². The largest absolute Gasteiger partial charge is 0.494 e. The molecule has 6 aromatic rings. The Kier molecular flexibility index (Phi) is 9.70. The summed E-state index contributed by atoms with van der Waals surface area (Å²) in [6.07, 6.45) is 6.36. The molecule has 13 nitrogen and oxygen atoms in total. The number of hydrogen-bond acceptors (Lipinski definition) is 10. The van der Waals surface area contributed by atoms with Crippen LogP contribution in [0, 0.1) is 13.8 Å². The molecule has 2 aromatic carbocycles. The van der Waals surface area contributed by atoms with Gasteiger partial charge in [0.25, 0.3) is 0 Å². The van der Waals surface area contributed by atoms with Crippen molar-refractivity contribution in [3.8, 4) is 11.6 Å². The molecule has 0 aliphatic carbocycles. The Morgan fingerprint density at radius 1 is 0.902 bits per heavy atom. The molecule has 0 saturated heterocycles. The van der Waals surface area contributed by atoms with E-state index >= 15 is 0 Å². The Labute approximate surface area is 295 Å². The second-order valence-corrected chi connectivity index (χ2v) is 12.6. The lowest BCUT2D eigenvalue weighted by Crippen LogP contribution is -2.05. The van der Waals surface area contributed by atoms with Crippen LogP contribution in [0.25, 0.3) is 16.7 Å². The summed E-state index contributed by atoms with van der Waals surface area (Å²) in [7, 11) is 0. The minimum absolute atomic E-state index is 0.114. The van der Waals surface area contributed by atoms with Gasteiger partial charge < -0.3 is 29.9 Å². The van der Waals surface area contributed by atoms with E-state index in [0.29, 0.717) is 50.0 Å². The molecule has 0 bridgehead atoms. The third-order valence-electron chi connectivity index (χ3n) is 8.44. The highest BCUT2D eigenvalue weighted by Crippen LogP contribution is 2.35. The van der Waals surface area contributed by atoms with E-state index in [9.17, 15) is 0 Å². The number of aromatic amines is 2. The molecule has 4 N–H and O–H groups in total. The molecule has 0 atom stereocenters. The van der Waals surface area contributed by atoms with E-state index in [2.05, 4.69) is 80.3 Å². The molecule has 13 heteroatoms. The van der Waals surface area contributed by atoms with Gasteiger partial charge in [0.15, 0.2) is 5.65 Å². The number of nitrogens with zero attached hydrogens (tertiary/aromatic N) is 7. The fourth-order valence-corrected chi connectivity index (χ4v) is 6.05. The number of rotatable bonds is 14. The number of allylic oxidation sites excluding steroid dienone is 2. The van der Waals surface area contributed by atoms with Crippen LogP contribution in [-0.4, -0.2) is 52.2 Å². The van der Waals surface area contributed by atoms with Crippen LogP contribution < -0.4 is 15.2 Å². The van der Waals surface area contributed by atoms with Gasteiger partial charge in [-0.1, -0.05) is 41.6 Å². The summed E-state index contributed by atoms with van der Waals surface area (Å²) in [6.45, 7) is 10.7. The van der Waals surface area contributed by atoms with Crippen LogP contribution >= 0.6 is 0 Å². The number of hydrogen-bond donors (Lipinski definition) is 3. The fraction of sp³-hybridized carbons (Fsp3) is 0.263. The lowest BCUT2D eigenvalue weighted by Gasteiger charge is -2.13. The third-order valence-corrected chi connectivity index (χ3v) is 8.44. The molecule has 0 amide bonds. The molecule has 260 valence electrons. The Morgan fingerprint density at radius 3 is 2.41 bits per heavy atom. The van der Waals surface area contributed by atoms with Gasteiger partial charge >= 0.3 is 0 Å². The minimum Gasteiger partial charge on any atom is -0.494 e. The van der Waals surface area contributed by atoms with Crippen molar-refractivity contribution in [2.24, 2.45) is 4.99 Å². The van der Waals surface area contributed by atoms with E-state index in [1.807, 2.05) is 54.2 Å². The molecule has 1 aliphatic heterocycles. The summed E-state index contributed by atoms with van der Waals surface area (Å²) in [4.78, 5) is 23.7. The number of nitrogen functional groups attached to an aromatic ring is 1. The lowest BCUT2D eigenvalue weighted by molar-refractivity contribution is 0.104. The standard InChI is InChI=1S/C38H40N10O3/c1-23-16-25(3)42-33(23)32(34-24(2)17-26(4)43-34)29-10-12-31(13-11-29)50-15-5-14-48-18-30(46-47-48)21-49-19-27-6-8-28(9-7-27)20-51-37-35-36(41-22-40-35)44-38(39)45-37/h6-13,16-18,22,42H,5,14-15,19-21H2,1-4H3,(H3,39,40,41,44,45)/b34-32-. The maximum absolute atomic E-state index is 6.07. The normalized spacial score (nSPS) is 13.8. The monoisotopic (exact) mass is 684 g/mol. The molecule has 7 rings (SSSR count). The van der Waals surface area contributed by atoms with Crippen LogP contribution in [0.2, 0.25) is 0 Å². The van der Waals surface area contributed by atoms with Gasteiger partial charge in [0.2, 0.25) is 11.8 Å². The van der Waals surface area contributed by atoms with E-state index < -0.39 is 0 Å². The summed E-state index contributed by atoms with van der Waals surface area (Å²) in [5, 5.41) is 8.51. The summed E-state index contributed by atoms with van der Waals surface area (Å²) in [5.41, 5.74) is 18.4. The Bertz CT molecular complexity index is 2240. The number of aromatic nitrogens is 8. The highest BCUT2D eigenvalue weighted by molar-refractivity contribution is 6.01. The molecule has 5 heterocycles. The van der Waals surface area contributed by atoms with Crippen molar-refractivity contribution in [2.45, 2.75) is 60.5 Å². The highest BCUT2D eigenvalue weighted by Gasteiger charge is 2.20. The topological polar surface area (TPSA) is 167 Å². The van der Waals surface area contributed by atoms with Gasteiger partial charge in [-0.2, -0.15) is 9.97 Å². The number of benzene rings is 2. The van der Waals surface area contributed by atoms with Gasteiger partial charge in [-0.15, -0.1) is 5.10 Å². The molecule has 51 heavy (non-hydrogen) atoms. The molecular weight excluding hydrogens is 644 g/mol. The SMILES string of the molecule is CC1=CC(C)=N/C1=C(/c1ccc(OCCCn2cc(COCc3ccc(COc4nc(N)nc5nc[nH]c45)cc3)nn2)cc1)c1[nH]c(C)cc1C. The van der Waals surface area contributed by atoms with Crippen molar-refractivity contribution in [3.05, 3.63) is 124 Å². The molecule has 0 unspecified atom stereocenters. The second kappa shape index (κ2) is 14.8. The average molecular weight is 685 g/mol. The third kappa shape index (κ3) is 7.89. The number of nitrogens with two attached hydrogens (primary N) is 1. The zero-order chi connectivity index (χ0) is 35.3. The summed E-state index contributed by atoms with van der Waals surface area (Å²) in [6, 6.07) is 18.4. The Hall–Kier alpha value is -6.08. The van der Waals surface area contributed by atoms with Crippen LogP contribution in [0.15, 0.2) is 89.5 Å². The number of ether oxygens (including phenoxy) is 3.